The summed E-state index contributed by atoms with van der Waals surface area (Å²) in [7, 11) is 0. The van der Waals surface area contributed by atoms with E-state index < -0.39 is 6.04 Å². The largest absolute Gasteiger partial charge is 0.507 e. The molecular formula is C18H20BrN3O2. The van der Waals surface area contributed by atoms with Crippen molar-refractivity contribution in [1.29, 1.82) is 0 Å². The van der Waals surface area contributed by atoms with Crippen molar-refractivity contribution in [2.75, 3.05) is 5.32 Å². The molecule has 1 amide bonds. The number of phenolic OH excluding ortho intramolecular Hbond substituents is 1. The molecule has 0 saturated heterocycles. The molecule has 2 aromatic carbocycles. The number of halogens is 1. The Labute approximate surface area is 149 Å². The van der Waals surface area contributed by atoms with Crippen molar-refractivity contribution in [3.8, 4) is 5.75 Å². The number of benzene rings is 2. The molecule has 0 saturated carbocycles. The van der Waals surface area contributed by atoms with Gasteiger partial charge in [0.1, 0.15) is 11.8 Å². The van der Waals surface area contributed by atoms with Crippen LogP contribution in [0.5, 0.6) is 5.75 Å². The van der Waals surface area contributed by atoms with Gasteiger partial charge in [0.2, 0.25) is 0 Å². The third-order valence-electron chi connectivity index (χ3n) is 3.52. The van der Waals surface area contributed by atoms with Crippen LogP contribution in [0, 0.1) is 13.8 Å². The van der Waals surface area contributed by atoms with Gasteiger partial charge < -0.3 is 10.4 Å². The quantitative estimate of drug-likeness (QED) is 0.538. The lowest BCUT2D eigenvalue weighted by Crippen LogP contribution is -2.35. The number of amides is 1. The van der Waals surface area contributed by atoms with Crippen LogP contribution in [0.3, 0.4) is 0 Å². The fourth-order valence-electron chi connectivity index (χ4n) is 2.17. The van der Waals surface area contributed by atoms with Crippen molar-refractivity contribution in [1.82, 2.24) is 5.43 Å². The molecule has 0 aliphatic heterocycles. The van der Waals surface area contributed by atoms with Gasteiger partial charge in [-0.2, -0.15) is 5.10 Å². The van der Waals surface area contributed by atoms with Gasteiger partial charge in [0.05, 0.1) is 6.21 Å². The number of aryl methyl sites for hydroxylation is 2. The molecular weight excluding hydrogens is 370 g/mol. The highest BCUT2D eigenvalue weighted by atomic mass is 79.9. The molecule has 24 heavy (non-hydrogen) atoms. The van der Waals surface area contributed by atoms with Crippen LogP contribution in [0.15, 0.2) is 46.0 Å². The van der Waals surface area contributed by atoms with Crippen LogP contribution in [0.1, 0.15) is 23.6 Å². The molecule has 0 aliphatic rings. The molecule has 0 spiro atoms. The molecule has 0 bridgehead atoms. The number of hydrazone groups is 1. The summed E-state index contributed by atoms with van der Waals surface area (Å²) < 4.78 is 0.818. The summed E-state index contributed by atoms with van der Waals surface area (Å²) in [5, 5.41) is 16.8. The monoisotopic (exact) mass is 389 g/mol. The lowest BCUT2D eigenvalue weighted by Gasteiger charge is -2.15. The third-order valence-corrected chi connectivity index (χ3v) is 4.01. The molecule has 0 heterocycles. The van der Waals surface area contributed by atoms with Gasteiger partial charge in [0, 0.05) is 15.7 Å². The maximum Gasteiger partial charge on any atom is 0.262 e. The molecule has 0 radical (unpaired) electrons. The Morgan fingerprint density at radius 2 is 2.00 bits per heavy atom. The van der Waals surface area contributed by atoms with Crippen molar-refractivity contribution in [2.45, 2.75) is 26.8 Å². The number of aromatic hydroxyl groups is 1. The molecule has 3 N–H and O–H groups in total. The minimum atomic E-state index is -0.445. The average molecular weight is 390 g/mol. The first-order valence-electron chi connectivity index (χ1n) is 7.52. The second kappa shape index (κ2) is 7.97. The minimum Gasteiger partial charge on any atom is -0.507 e. The molecule has 1 atom stereocenters. The van der Waals surface area contributed by atoms with E-state index >= 15 is 0 Å². The van der Waals surface area contributed by atoms with E-state index in [1.54, 1.807) is 25.1 Å². The zero-order valence-corrected chi connectivity index (χ0v) is 15.4. The van der Waals surface area contributed by atoms with Crippen molar-refractivity contribution in [2.24, 2.45) is 5.10 Å². The van der Waals surface area contributed by atoms with Gasteiger partial charge in [-0.3, -0.25) is 4.79 Å². The van der Waals surface area contributed by atoms with E-state index in [2.05, 4.69) is 37.8 Å². The highest BCUT2D eigenvalue weighted by molar-refractivity contribution is 9.10. The fraction of sp³-hybridized carbons (Fsp3) is 0.222. The number of nitrogens with one attached hydrogen (secondary N) is 2. The number of carbonyl (C=O) groups excluding carboxylic acids is 1. The number of phenols is 1. The number of carbonyl (C=O) groups is 1. The van der Waals surface area contributed by atoms with Crippen LogP contribution in [-0.2, 0) is 4.79 Å². The first-order valence-corrected chi connectivity index (χ1v) is 8.31. The Morgan fingerprint density at radius 3 is 2.71 bits per heavy atom. The molecule has 6 heteroatoms. The lowest BCUT2D eigenvalue weighted by atomic mass is 10.1. The van der Waals surface area contributed by atoms with Gasteiger partial charge in [-0.15, -0.1) is 0 Å². The van der Waals surface area contributed by atoms with Crippen molar-refractivity contribution in [3.05, 3.63) is 57.6 Å². The van der Waals surface area contributed by atoms with Crippen molar-refractivity contribution in [3.63, 3.8) is 0 Å². The predicted octanol–water partition coefficient (Wildman–Crippen LogP) is 3.72. The van der Waals surface area contributed by atoms with Gasteiger partial charge >= 0.3 is 0 Å². The second-order valence-corrected chi connectivity index (χ2v) is 6.54. The van der Waals surface area contributed by atoms with Crippen LogP contribution in [0.2, 0.25) is 0 Å². The number of nitrogens with zero attached hydrogens (tertiary/aromatic N) is 1. The Kier molecular flexibility index (Phi) is 5.98. The smallest absolute Gasteiger partial charge is 0.262 e. The van der Waals surface area contributed by atoms with Gasteiger partial charge in [0.25, 0.3) is 5.91 Å². The molecule has 0 unspecified atom stereocenters. The van der Waals surface area contributed by atoms with Crippen LogP contribution in [0.25, 0.3) is 0 Å². The second-order valence-electron chi connectivity index (χ2n) is 5.62. The molecule has 2 rings (SSSR count). The van der Waals surface area contributed by atoms with Crippen molar-refractivity contribution >= 4 is 33.7 Å². The van der Waals surface area contributed by atoms with E-state index in [9.17, 15) is 9.90 Å². The lowest BCUT2D eigenvalue weighted by molar-refractivity contribution is -0.121. The fourth-order valence-corrected chi connectivity index (χ4v) is 2.54. The molecule has 0 aromatic heterocycles. The number of hydrogen-bond acceptors (Lipinski definition) is 4. The molecule has 2 aromatic rings. The molecule has 5 nitrogen and oxygen atoms in total. The Hall–Kier alpha value is -2.34. The third kappa shape index (κ3) is 4.83. The summed E-state index contributed by atoms with van der Waals surface area (Å²) in [6.45, 7) is 5.79. The molecule has 0 aliphatic carbocycles. The van der Waals surface area contributed by atoms with Crippen LogP contribution >= 0.6 is 15.9 Å². The summed E-state index contributed by atoms with van der Waals surface area (Å²) >= 11 is 3.32. The molecule has 0 fully saturated rings. The zero-order chi connectivity index (χ0) is 17.7. The Bertz CT molecular complexity index is 775. The number of rotatable bonds is 5. The minimum absolute atomic E-state index is 0.0950. The Morgan fingerprint density at radius 1 is 1.25 bits per heavy atom. The zero-order valence-electron chi connectivity index (χ0n) is 13.8. The average Bonchev–Trinajstić information content (AvgIpc) is 2.53. The van der Waals surface area contributed by atoms with Crippen LogP contribution < -0.4 is 10.7 Å². The van der Waals surface area contributed by atoms with Gasteiger partial charge in [-0.05, 0) is 50.6 Å². The summed E-state index contributed by atoms with van der Waals surface area (Å²) in [5.74, 6) is -0.168. The number of hydrogen-bond donors (Lipinski definition) is 3. The van der Waals surface area contributed by atoms with Gasteiger partial charge in [0.15, 0.2) is 0 Å². The van der Waals surface area contributed by atoms with Gasteiger partial charge in [-0.1, -0.05) is 33.6 Å². The standard InChI is InChI=1S/C18H20BrN3O2/c1-11-4-6-16(12(2)8-11)21-13(3)18(24)22-20-10-14-9-15(19)5-7-17(14)23/h4-10,13,21,23H,1-3H3,(H,22,24)/b20-10-/t13-/m1/s1. The summed E-state index contributed by atoms with van der Waals surface area (Å²) in [4.78, 5) is 12.1. The van der Waals surface area contributed by atoms with E-state index in [4.69, 9.17) is 0 Å². The van der Waals surface area contributed by atoms with Gasteiger partial charge in [-0.25, -0.2) is 5.43 Å². The summed E-state index contributed by atoms with van der Waals surface area (Å²) in [6, 6.07) is 10.5. The van der Waals surface area contributed by atoms with E-state index in [1.165, 1.54) is 11.8 Å². The van der Waals surface area contributed by atoms with Crippen LogP contribution in [0.4, 0.5) is 5.69 Å². The molecule has 126 valence electrons. The summed E-state index contributed by atoms with van der Waals surface area (Å²) in [6.07, 6.45) is 1.40. The van der Waals surface area contributed by atoms with E-state index in [1.807, 2.05) is 26.0 Å². The maximum atomic E-state index is 12.1. The first-order chi connectivity index (χ1) is 11.4. The summed E-state index contributed by atoms with van der Waals surface area (Å²) in [5.41, 5.74) is 6.15. The van der Waals surface area contributed by atoms with Crippen LogP contribution in [-0.4, -0.2) is 23.3 Å². The predicted molar refractivity (Wildman–Crippen MR) is 101 cm³/mol. The maximum absolute atomic E-state index is 12.1. The normalized spacial score (nSPS) is 12.2. The highest BCUT2D eigenvalue weighted by Gasteiger charge is 2.12. The Balaban J connectivity index is 1.96. The van der Waals surface area contributed by atoms with E-state index in [0.717, 1.165) is 15.7 Å². The van der Waals surface area contributed by atoms with E-state index in [-0.39, 0.29) is 11.7 Å². The van der Waals surface area contributed by atoms with Crippen molar-refractivity contribution < 1.29 is 9.90 Å². The first kappa shape index (κ1) is 18.0. The van der Waals surface area contributed by atoms with E-state index in [0.29, 0.717) is 5.56 Å². The topological polar surface area (TPSA) is 73.7 Å². The number of anilines is 1. The SMILES string of the molecule is Cc1ccc(N[C@H](C)C(=O)N/N=C\c2cc(Br)ccc2O)c(C)c1. The highest BCUT2D eigenvalue weighted by Crippen LogP contribution is 2.20.